The predicted octanol–water partition coefficient (Wildman–Crippen LogP) is 3.96. The van der Waals surface area contributed by atoms with Crippen LogP contribution in [-0.2, 0) is 22.4 Å². The molecule has 0 amide bonds. The Balaban J connectivity index is 1.94. The molecule has 0 spiro atoms. The van der Waals surface area contributed by atoms with Gasteiger partial charge in [-0.1, -0.05) is 21.6 Å². The fourth-order valence-corrected chi connectivity index (χ4v) is 4.44. The predicted molar refractivity (Wildman–Crippen MR) is 89.3 cm³/mol. The van der Waals surface area contributed by atoms with E-state index >= 15 is 0 Å². The van der Waals surface area contributed by atoms with Gasteiger partial charge in [0.25, 0.3) is 0 Å². The molecule has 0 aliphatic carbocycles. The summed E-state index contributed by atoms with van der Waals surface area (Å²) in [4.78, 5) is 3.92. The molecule has 0 aromatic heterocycles. The summed E-state index contributed by atoms with van der Waals surface area (Å²) in [5.41, 5.74) is 0. The smallest absolute Gasteiger partial charge is 0.152 e. The van der Waals surface area contributed by atoms with Crippen molar-refractivity contribution < 1.29 is 9.11 Å². The van der Waals surface area contributed by atoms with Gasteiger partial charge < -0.3 is 9.11 Å². The molecule has 2 nitrogen and oxygen atoms in total. The van der Waals surface area contributed by atoms with Gasteiger partial charge in [-0.3, -0.25) is 0 Å². The normalized spacial score (nSPS) is 14.0. The molecule has 0 fully saturated rings. The zero-order chi connectivity index (χ0) is 14.5. The van der Waals surface area contributed by atoms with Crippen LogP contribution in [0.15, 0.2) is 68.1 Å². The molecule has 2 unspecified atom stereocenters. The standard InChI is InChI=1S/C14H14O2S4/c1-19(15)13-7-3-11(4-8-13)17-18-12-5-9-14(10-6-12)20(2)16/h3-10H,1-2H3. The SMILES string of the molecule is C[S+]([O-])c1ccc(SSc2ccc([S+](C)[O-])cc2)cc1. The van der Waals surface area contributed by atoms with E-state index in [1.165, 1.54) is 0 Å². The molecule has 2 aromatic rings. The molecule has 0 aliphatic heterocycles. The first kappa shape index (κ1) is 16.1. The average molecular weight is 343 g/mol. The van der Waals surface area contributed by atoms with Gasteiger partial charge in [0.1, 0.15) is 12.5 Å². The third kappa shape index (κ3) is 4.65. The molecule has 0 heterocycles. The average Bonchev–Trinajstić information content (AvgIpc) is 2.46. The Morgan fingerprint density at radius 1 is 0.650 bits per heavy atom. The summed E-state index contributed by atoms with van der Waals surface area (Å²) >= 11 is -1.86. The fourth-order valence-electron chi connectivity index (χ4n) is 1.47. The summed E-state index contributed by atoms with van der Waals surface area (Å²) in [6.07, 6.45) is 3.35. The number of hydrogen-bond acceptors (Lipinski definition) is 4. The van der Waals surface area contributed by atoms with Crippen molar-refractivity contribution in [1.29, 1.82) is 0 Å². The van der Waals surface area contributed by atoms with Gasteiger partial charge in [0.15, 0.2) is 9.79 Å². The van der Waals surface area contributed by atoms with E-state index in [0.29, 0.717) is 0 Å². The molecule has 0 saturated heterocycles. The Labute approximate surface area is 133 Å². The van der Waals surface area contributed by atoms with Crippen molar-refractivity contribution in [3.8, 4) is 0 Å². The van der Waals surface area contributed by atoms with E-state index in [-0.39, 0.29) is 0 Å². The van der Waals surface area contributed by atoms with E-state index in [9.17, 15) is 9.11 Å². The van der Waals surface area contributed by atoms with Crippen LogP contribution in [0, 0.1) is 0 Å². The van der Waals surface area contributed by atoms with Crippen LogP contribution < -0.4 is 0 Å². The number of benzene rings is 2. The molecule has 6 heteroatoms. The molecular formula is C14H14O2S4. The van der Waals surface area contributed by atoms with Crippen LogP contribution in [-0.4, -0.2) is 21.6 Å². The lowest BCUT2D eigenvalue weighted by atomic mass is 10.4. The molecule has 2 atom stereocenters. The van der Waals surface area contributed by atoms with Crippen LogP contribution in [0.2, 0.25) is 0 Å². The highest BCUT2D eigenvalue weighted by Crippen LogP contribution is 2.37. The van der Waals surface area contributed by atoms with Crippen LogP contribution in [0.3, 0.4) is 0 Å². The Kier molecular flexibility index (Phi) is 6.20. The van der Waals surface area contributed by atoms with Gasteiger partial charge in [0.05, 0.1) is 0 Å². The Morgan fingerprint density at radius 2 is 0.950 bits per heavy atom. The summed E-state index contributed by atoms with van der Waals surface area (Å²) < 4.78 is 22.6. The summed E-state index contributed by atoms with van der Waals surface area (Å²) in [5.74, 6) is 0. The Morgan fingerprint density at radius 3 is 1.20 bits per heavy atom. The highest BCUT2D eigenvalue weighted by molar-refractivity contribution is 8.76. The van der Waals surface area contributed by atoms with Crippen LogP contribution >= 0.6 is 21.6 Å². The summed E-state index contributed by atoms with van der Waals surface area (Å²) in [5, 5.41) is 0. The first-order chi connectivity index (χ1) is 9.56. The van der Waals surface area contributed by atoms with Gasteiger partial charge in [-0.15, -0.1) is 0 Å². The monoisotopic (exact) mass is 342 g/mol. The lowest BCUT2D eigenvalue weighted by Crippen LogP contribution is -1.96. The second-order valence-electron chi connectivity index (χ2n) is 4.02. The van der Waals surface area contributed by atoms with Gasteiger partial charge in [-0.05, 0) is 70.9 Å². The lowest BCUT2D eigenvalue weighted by Gasteiger charge is -2.06. The van der Waals surface area contributed by atoms with E-state index in [2.05, 4.69) is 0 Å². The minimum absolute atomic E-state index is 0.842. The van der Waals surface area contributed by atoms with E-state index in [1.807, 2.05) is 48.5 Å². The molecule has 0 saturated carbocycles. The van der Waals surface area contributed by atoms with Crippen LogP contribution in [0.5, 0.6) is 0 Å². The molecule has 0 radical (unpaired) electrons. The second-order valence-corrected chi connectivity index (χ2v) is 9.05. The molecule has 106 valence electrons. The first-order valence-electron chi connectivity index (χ1n) is 5.78. The van der Waals surface area contributed by atoms with Gasteiger partial charge in [-0.2, -0.15) is 0 Å². The van der Waals surface area contributed by atoms with E-state index in [0.717, 1.165) is 19.6 Å². The summed E-state index contributed by atoms with van der Waals surface area (Å²) in [6, 6.07) is 15.5. The van der Waals surface area contributed by atoms with Crippen molar-refractivity contribution in [3.05, 3.63) is 48.5 Å². The van der Waals surface area contributed by atoms with Gasteiger partial charge in [0, 0.05) is 9.79 Å². The van der Waals surface area contributed by atoms with E-state index in [1.54, 1.807) is 34.1 Å². The first-order valence-corrected chi connectivity index (χ1v) is 11.0. The minimum Gasteiger partial charge on any atom is -0.612 e. The van der Waals surface area contributed by atoms with Gasteiger partial charge in [0.2, 0.25) is 0 Å². The maximum absolute atomic E-state index is 11.3. The van der Waals surface area contributed by atoms with Crippen molar-refractivity contribution in [2.45, 2.75) is 19.6 Å². The van der Waals surface area contributed by atoms with E-state index in [4.69, 9.17) is 0 Å². The van der Waals surface area contributed by atoms with Crippen molar-refractivity contribution in [1.82, 2.24) is 0 Å². The zero-order valence-corrected chi connectivity index (χ0v) is 14.3. The lowest BCUT2D eigenvalue weighted by molar-refractivity contribution is 0.600. The van der Waals surface area contributed by atoms with Crippen molar-refractivity contribution >= 4 is 43.9 Å². The molecule has 0 bridgehead atoms. The maximum atomic E-state index is 11.3. The summed E-state index contributed by atoms with van der Waals surface area (Å²) in [7, 11) is 3.30. The Hall–Kier alpha value is -0.240. The zero-order valence-electron chi connectivity index (χ0n) is 11.1. The molecule has 20 heavy (non-hydrogen) atoms. The highest BCUT2D eigenvalue weighted by atomic mass is 33.1. The number of rotatable bonds is 5. The van der Waals surface area contributed by atoms with Crippen LogP contribution in [0.4, 0.5) is 0 Å². The van der Waals surface area contributed by atoms with Crippen LogP contribution in [0.1, 0.15) is 0 Å². The topological polar surface area (TPSA) is 46.1 Å². The van der Waals surface area contributed by atoms with E-state index < -0.39 is 22.4 Å². The highest BCUT2D eigenvalue weighted by Gasteiger charge is 2.06. The van der Waals surface area contributed by atoms with Gasteiger partial charge >= 0.3 is 0 Å². The van der Waals surface area contributed by atoms with Crippen LogP contribution in [0.25, 0.3) is 0 Å². The van der Waals surface area contributed by atoms with Crippen molar-refractivity contribution in [3.63, 3.8) is 0 Å². The minimum atomic E-state index is -0.929. The van der Waals surface area contributed by atoms with Crippen molar-refractivity contribution in [2.24, 2.45) is 0 Å². The molecule has 0 aliphatic rings. The molecule has 0 N–H and O–H groups in total. The Bertz CT molecular complexity index is 487. The maximum Gasteiger partial charge on any atom is 0.152 e. The van der Waals surface area contributed by atoms with Crippen molar-refractivity contribution in [2.75, 3.05) is 12.5 Å². The quantitative estimate of drug-likeness (QED) is 0.609. The third-order valence-electron chi connectivity index (χ3n) is 2.55. The molecular weight excluding hydrogens is 328 g/mol. The number of hydrogen-bond donors (Lipinski definition) is 0. The molecule has 2 rings (SSSR count). The third-order valence-corrected chi connectivity index (χ3v) is 6.83. The molecule has 2 aromatic carbocycles. The summed E-state index contributed by atoms with van der Waals surface area (Å²) in [6.45, 7) is 0. The van der Waals surface area contributed by atoms with Gasteiger partial charge in [-0.25, -0.2) is 0 Å². The second kappa shape index (κ2) is 7.68. The fraction of sp³-hybridized carbons (Fsp3) is 0.143. The largest absolute Gasteiger partial charge is 0.612 e.